The fourth-order valence-electron chi connectivity index (χ4n) is 4.46. The molecule has 10 heteroatoms. The Kier molecular flexibility index (Phi) is 7.31. The normalized spacial score (nSPS) is 15.1. The maximum Gasteiger partial charge on any atom is 0.243 e. The lowest BCUT2D eigenvalue weighted by molar-refractivity contribution is -0.132. The number of methoxy groups -OCH3 is 1. The van der Waals surface area contributed by atoms with E-state index in [0.29, 0.717) is 49.0 Å². The molecule has 0 saturated carbocycles. The summed E-state index contributed by atoms with van der Waals surface area (Å²) in [5.74, 6) is 1.68. The van der Waals surface area contributed by atoms with E-state index >= 15 is 0 Å². The molecular weight excluding hydrogens is 494 g/mol. The third-order valence-corrected chi connectivity index (χ3v) is 8.32. The van der Waals surface area contributed by atoms with E-state index in [2.05, 4.69) is 5.32 Å². The second-order valence-electron chi connectivity index (χ2n) is 8.81. The highest BCUT2D eigenvalue weighted by atomic mass is 32.2. The van der Waals surface area contributed by atoms with Crippen LogP contribution in [0.3, 0.4) is 0 Å². The van der Waals surface area contributed by atoms with E-state index in [9.17, 15) is 13.2 Å². The number of fused-ring (bicyclic) bond motifs is 1. The number of amides is 1. The summed E-state index contributed by atoms with van der Waals surface area (Å²) in [6.07, 6.45) is 0. The van der Waals surface area contributed by atoms with Crippen LogP contribution in [-0.2, 0) is 21.4 Å². The topological polar surface area (TPSA) is 97.4 Å². The van der Waals surface area contributed by atoms with E-state index in [1.54, 1.807) is 48.4 Å². The second-order valence-corrected chi connectivity index (χ2v) is 10.7. The van der Waals surface area contributed by atoms with E-state index in [0.717, 1.165) is 11.1 Å². The van der Waals surface area contributed by atoms with Gasteiger partial charge in [0.2, 0.25) is 22.7 Å². The van der Waals surface area contributed by atoms with Crippen molar-refractivity contribution < 1.29 is 27.4 Å². The summed E-state index contributed by atoms with van der Waals surface area (Å²) in [5, 5.41) is 3.21. The standard InChI is InChI=1S/C27H29N3O6S/c1-34-24-5-3-2-4-22(24)17-30(18-27(31)29-14-12-28-13-15-29)37(32,33)23-9-6-20(7-10-23)21-8-11-25-26(16-21)36-19-35-25/h2-11,16,28H,12-15,17-19H2,1H3. The van der Waals surface area contributed by atoms with Crippen LogP contribution in [0, 0.1) is 0 Å². The molecule has 0 unspecified atom stereocenters. The van der Waals surface area contributed by atoms with Gasteiger partial charge in [-0.2, -0.15) is 4.31 Å². The Labute approximate surface area is 216 Å². The number of hydrogen-bond donors (Lipinski definition) is 1. The van der Waals surface area contributed by atoms with Crippen molar-refractivity contribution in [3.05, 3.63) is 72.3 Å². The lowest BCUT2D eigenvalue weighted by Crippen LogP contribution is -2.50. The average molecular weight is 524 g/mol. The number of rotatable bonds is 8. The Bertz CT molecular complexity index is 1370. The van der Waals surface area contributed by atoms with Gasteiger partial charge in [0.05, 0.1) is 18.6 Å². The number of sulfonamides is 1. The summed E-state index contributed by atoms with van der Waals surface area (Å²) in [4.78, 5) is 14.9. The molecule has 1 fully saturated rings. The van der Waals surface area contributed by atoms with Gasteiger partial charge >= 0.3 is 0 Å². The molecule has 0 atom stereocenters. The minimum atomic E-state index is -4.00. The van der Waals surface area contributed by atoms with Gasteiger partial charge in [-0.05, 0) is 41.5 Å². The Hall–Kier alpha value is -3.60. The van der Waals surface area contributed by atoms with Crippen molar-refractivity contribution in [2.75, 3.05) is 46.6 Å². The Balaban J connectivity index is 1.43. The quantitative estimate of drug-likeness (QED) is 0.485. The zero-order chi connectivity index (χ0) is 25.8. The largest absolute Gasteiger partial charge is 0.496 e. The molecule has 0 bridgehead atoms. The van der Waals surface area contributed by atoms with Crippen LogP contribution in [0.5, 0.6) is 17.2 Å². The molecule has 194 valence electrons. The van der Waals surface area contributed by atoms with Crippen molar-refractivity contribution in [3.63, 3.8) is 0 Å². The number of hydrogen-bond acceptors (Lipinski definition) is 7. The van der Waals surface area contributed by atoms with Crippen LogP contribution in [0.2, 0.25) is 0 Å². The van der Waals surface area contributed by atoms with Crippen LogP contribution < -0.4 is 19.5 Å². The van der Waals surface area contributed by atoms with Gasteiger partial charge in [0, 0.05) is 38.3 Å². The minimum Gasteiger partial charge on any atom is -0.496 e. The zero-order valence-corrected chi connectivity index (χ0v) is 21.4. The van der Waals surface area contributed by atoms with Crippen molar-refractivity contribution >= 4 is 15.9 Å². The highest BCUT2D eigenvalue weighted by Crippen LogP contribution is 2.36. The molecule has 2 aliphatic heterocycles. The van der Waals surface area contributed by atoms with Crippen LogP contribution in [0.4, 0.5) is 0 Å². The summed E-state index contributed by atoms with van der Waals surface area (Å²) in [6.45, 7) is 2.40. The number of benzene rings is 3. The fraction of sp³-hybridized carbons (Fsp3) is 0.296. The number of para-hydroxylation sites is 1. The molecule has 0 aromatic heterocycles. The molecule has 9 nitrogen and oxygen atoms in total. The van der Waals surface area contributed by atoms with Gasteiger partial charge in [0.1, 0.15) is 5.75 Å². The summed E-state index contributed by atoms with van der Waals surface area (Å²) in [6, 6.07) is 19.5. The molecule has 0 aliphatic carbocycles. The summed E-state index contributed by atoms with van der Waals surface area (Å²) in [7, 11) is -2.46. The molecule has 0 spiro atoms. The molecule has 0 radical (unpaired) electrons. The van der Waals surface area contributed by atoms with Gasteiger partial charge in [0.15, 0.2) is 11.5 Å². The van der Waals surface area contributed by atoms with E-state index in [4.69, 9.17) is 14.2 Å². The first-order valence-corrected chi connectivity index (χ1v) is 13.5. The molecule has 1 N–H and O–H groups in total. The van der Waals surface area contributed by atoms with E-state index in [1.165, 1.54) is 4.31 Å². The lowest BCUT2D eigenvalue weighted by Gasteiger charge is -2.30. The minimum absolute atomic E-state index is 0.00802. The predicted octanol–water partition coefficient (Wildman–Crippen LogP) is 2.71. The van der Waals surface area contributed by atoms with E-state index < -0.39 is 10.0 Å². The number of nitrogens with one attached hydrogen (secondary N) is 1. The highest BCUT2D eigenvalue weighted by molar-refractivity contribution is 7.89. The van der Waals surface area contributed by atoms with Crippen LogP contribution >= 0.6 is 0 Å². The van der Waals surface area contributed by atoms with Crippen molar-refractivity contribution in [2.24, 2.45) is 0 Å². The Morgan fingerprint density at radius 2 is 1.68 bits per heavy atom. The smallest absolute Gasteiger partial charge is 0.243 e. The molecule has 3 aromatic rings. The molecule has 2 aliphatic rings. The maximum absolute atomic E-state index is 13.8. The number of carbonyl (C=O) groups is 1. The summed E-state index contributed by atoms with van der Waals surface area (Å²) in [5.41, 5.74) is 2.40. The third-order valence-electron chi connectivity index (χ3n) is 6.52. The van der Waals surface area contributed by atoms with Gasteiger partial charge in [-0.3, -0.25) is 4.79 Å². The average Bonchev–Trinajstić information content (AvgIpc) is 3.41. The second kappa shape index (κ2) is 10.8. The fourth-order valence-corrected chi connectivity index (χ4v) is 5.83. The number of piperazine rings is 1. The molecule has 2 heterocycles. The summed E-state index contributed by atoms with van der Waals surface area (Å²) < 4.78 is 45.1. The molecule has 37 heavy (non-hydrogen) atoms. The van der Waals surface area contributed by atoms with Crippen LogP contribution in [0.15, 0.2) is 71.6 Å². The lowest BCUT2D eigenvalue weighted by atomic mass is 10.1. The monoisotopic (exact) mass is 523 g/mol. The number of nitrogens with zero attached hydrogens (tertiary/aromatic N) is 2. The van der Waals surface area contributed by atoms with Gasteiger partial charge in [-0.15, -0.1) is 0 Å². The van der Waals surface area contributed by atoms with Gasteiger partial charge in [0.25, 0.3) is 0 Å². The van der Waals surface area contributed by atoms with E-state index in [-0.39, 0.29) is 30.7 Å². The number of carbonyl (C=O) groups excluding carboxylic acids is 1. The van der Waals surface area contributed by atoms with Crippen molar-refractivity contribution in [1.82, 2.24) is 14.5 Å². The molecule has 5 rings (SSSR count). The third kappa shape index (κ3) is 5.41. The summed E-state index contributed by atoms with van der Waals surface area (Å²) >= 11 is 0. The first-order valence-electron chi connectivity index (χ1n) is 12.1. The highest BCUT2D eigenvalue weighted by Gasteiger charge is 2.30. The Morgan fingerprint density at radius 1 is 0.973 bits per heavy atom. The zero-order valence-electron chi connectivity index (χ0n) is 20.6. The maximum atomic E-state index is 13.8. The van der Waals surface area contributed by atoms with Crippen molar-refractivity contribution in [3.8, 4) is 28.4 Å². The molecule has 1 saturated heterocycles. The first kappa shape index (κ1) is 25.1. The molecule has 3 aromatic carbocycles. The van der Waals surface area contributed by atoms with Gasteiger partial charge < -0.3 is 24.4 Å². The van der Waals surface area contributed by atoms with Crippen LogP contribution in [0.1, 0.15) is 5.56 Å². The Morgan fingerprint density at radius 3 is 2.43 bits per heavy atom. The van der Waals surface area contributed by atoms with Gasteiger partial charge in [-0.25, -0.2) is 8.42 Å². The van der Waals surface area contributed by atoms with Crippen LogP contribution in [-0.4, -0.2) is 70.2 Å². The molecular formula is C27H29N3O6S. The van der Waals surface area contributed by atoms with E-state index in [1.807, 2.05) is 30.3 Å². The number of ether oxygens (including phenoxy) is 3. The van der Waals surface area contributed by atoms with Crippen LogP contribution in [0.25, 0.3) is 11.1 Å². The first-order chi connectivity index (χ1) is 18.0. The van der Waals surface area contributed by atoms with Gasteiger partial charge in [-0.1, -0.05) is 36.4 Å². The molecule has 1 amide bonds. The van der Waals surface area contributed by atoms with Crippen molar-refractivity contribution in [1.29, 1.82) is 0 Å². The van der Waals surface area contributed by atoms with Crippen molar-refractivity contribution in [2.45, 2.75) is 11.4 Å². The predicted molar refractivity (Wildman–Crippen MR) is 138 cm³/mol. The SMILES string of the molecule is COc1ccccc1CN(CC(=O)N1CCNCC1)S(=O)(=O)c1ccc(-c2ccc3c(c2)OCO3)cc1.